The van der Waals surface area contributed by atoms with E-state index in [2.05, 4.69) is 6.92 Å². The summed E-state index contributed by atoms with van der Waals surface area (Å²) < 4.78 is 0. The molecule has 1 aliphatic carbocycles. The standard InChI is InChI=1S/C12H20N2OS/c1-8-4-2-5-9(8)12(15)14-7-3-6-10(14)11(13)16/h8-10H,2-7H2,1H3,(H2,13,16). The van der Waals surface area contributed by atoms with Crippen molar-refractivity contribution in [2.75, 3.05) is 6.54 Å². The molecule has 3 nitrogen and oxygen atoms in total. The van der Waals surface area contributed by atoms with Crippen molar-refractivity contribution < 1.29 is 4.79 Å². The fraction of sp³-hybridized carbons (Fsp3) is 0.833. The summed E-state index contributed by atoms with van der Waals surface area (Å²) in [6.07, 6.45) is 5.39. The Labute approximate surface area is 102 Å². The van der Waals surface area contributed by atoms with Crippen molar-refractivity contribution in [2.24, 2.45) is 17.6 Å². The minimum atomic E-state index is 0.0234. The molecule has 2 fully saturated rings. The fourth-order valence-corrected chi connectivity index (χ4v) is 3.30. The zero-order valence-electron chi connectivity index (χ0n) is 9.82. The molecule has 4 heteroatoms. The highest BCUT2D eigenvalue weighted by Crippen LogP contribution is 2.34. The van der Waals surface area contributed by atoms with Crippen molar-refractivity contribution in [3.05, 3.63) is 0 Å². The van der Waals surface area contributed by atoms with E-state index in [1.165, 1.54) is 12.8 Å². The maximum Gasteiger partial charge on any atom is 0.226 e. The van der Waals surface area contributed by atoms with Gasteiger partial charge in [0, 0.05) is 12.5 Å². The molecular formula is C12H20N2OS. The Hall–Kier alpha value is -0.640. The van der Waals surface area contributed by atoms with E-state index in [0.717, 1.165) is 25.8 Å². The predicted octanol–water partition coefficient (Wildman–Crippen LogP) is 1.70. The third-order valence-electron chi connectivity index (χ3n) is 4.04. The quantitative estimate of drug-likeness (QED) is 0.747. The number of hydrogen-bond acceptors (Lipinski definition) is 2. The number of likely N-dealkylation sites (tertiary alicyclic amines) is 1. The lowest BCUT2D eigenvalue weighted by Gasteiger charge is -2.28. The van der Waals surface area contributed by atoms with Crippen LogP contribution in [-0.4, -0.2) is 28.4 Å². The molecule has 90 valence electrons. The molecule has 0 bridgehead atoms. The van der Waals surface area contributed by atoms with E-state index in [9.17, 15) is 4.79 Å². The Kier molecular flexibility index (Phi) is 3.47. The highest BCUT2D eigenvalue weighted by molar-refractivity contribution is 7.80. The predicted molar refractivity (Wildman–Crippen MR) is 68.0 cm³/mol. The highest BCUT2D eigenvalue weighted by Gasteiger charge is 2.38. The lowest BCUT2D eigenvalue weighted by atomic mass is 9.96. The van der Waals surface area contributed by atoms with E-state index in [4.69, 9.17) is 18.0 Å². The fourth-order valence-electron chi connectivity index (χ4n) is 3.05. The number of amides is 1. The maximum absolute atomic E-state index is 12.4. The van der Waals surface area contributed by atoms with Gasteiger partial charge in [-0.25, -0.2) is 0 Å². The monoisotopic (exact) mass is 240 g/mol. The van der Waals surface area contributed by atoms with E-state index < -0.39 is 0 Å². The van der Waals surface area contributed by atoms with Crippen LogP contribution < -0.4 is 5.73 Å². The van der Waals surface area contributed by atoms with Gasteiger partial charge in [-0.05, 0) is 31.6 Å². The van der Waals surface area contributed by atoms with Gasteiger partial charge in [0.2, 0.25) is 5.91 Å². The molecule has 3 unspecified atom stereocenters. The first kappa shape index (κ1) is 11.8. The number of carbonyl (C=O) groups excluding carboxylic acids is 1. The van der Waals surface area contributed by atoms with Crippen LogP contribution in [0.25, 0.3) is 0 Å². The normalized spacial score (nSPS) is 34.3. The molecule has 1 saturated heterocycles. The van der Waals surface area contributed by atoms with E-state index in [1.54, 1.807) is 0 Å². The van der Waals surface area contributed by atoms with Crippen LogP contribution in [0.1, 0.15) is 39.0 Å². The van der Waals surface area contributed by atoms with Crippen LogP contribution in [0.15, 0.2) is 0 Å². The van der Waals surface area contributed by atoms with Gasteiger partial charge in [0.25, 0.3) is 0 Å². The number of nitrogens with zero attached hydrogens (tertiary/aromatic N) is 1. The van der Waals surface area contributed by atoms with Crippen molar-refractivity contribution in [3.63, 3.8) is 0 Å². The molecular weight excluding hydrogens is 220 g/mol. The molecule has 2 N–H and O–H groups in total. The summed E-state index contributed by atoms with van der Waals surface area (Å²) in [6, 6.07) is 0.0234. The molecule has 0 radical (unpaired) electrons. The highest BCUT2D eigenvalue weighted by atomic mass is 32.1. The molecule has 16 heavy (non-hydrogen) atoms. The Morgan fingerprint density at radius 2 is 2.06 bits per heavy atom. The average Bonchev–Trinajstić information content (AvgIpc) is 2.84. The second-order valence-corrected chi connectivity index (χ2v) is 5.58. The smallest absolute Gasteiger partial charge is 0.226 e. The van der Waals surface area contributed by atoms with Gasteiger partial charge in [-0.15, -0.1) is 0 Å². The Morgan fingerprint density at radius 3 is 2.62 bits per heavy atom. The first-order valence-corrected chi connectivity index (χ1v) is 6.62. The zero-order valence-corrected chi connectivity index (χ0v) is 10.6. The van der Waals surface area contributed by atoms with Gasteiger partial charge in [-0.2, -0.15) is 0 Å². The second-order valence-electron chi connectivity index (χ2n) is 5.11. The van der Waals surface area contributed by atoms with E-state index >= 15 is 0 Å². The van der Waals surface area contributed by atoms with Crippen molar-refractivity contribution >= 4 is 23.1 Å². The molecule has 1 amide bonds. The van der Waals surface area contributed by atoms with Crippen LogP contribution in [-0.2, 0) is 4.79 Å². The summed E-state index contributed by atoms with van der Waals surface area (Å²) in [7, 11) is 0. The Morgan fingerprint density at radius 1 is 1.31 bits per heavy atom. The first-order valence-electron chi connectivity index (χ1n) is 6.21. The van der Waals surface area contributed by atoms with Crippen molar-refractivity contribution in [3.8, 4) is 0 Å². The van der Waals surface area contributed by atoms with Crippen LogP contribution in [0.4, 0.5) is 0 Å². The van der Waals surface area contributed by atoms with Gasteiger partial charge in [0.05, 0.1) is 11.0 Å². The third kappa shape index (κ3) is 2.08. The van der Waals surface area contributed by atoms with Crippen molar-refractivity contribution in [1.82, 2.24) is 4.90 Å². The molecule has 3 atom stereocenters. The first-order chi connectivity index (χ1) is 7.61. The van der Waals surface area contributed by atoms with E-state index in [1.807, 2.05) is 4.90 Å². The number of nitrogens with two attached hydrogens (primary N) is 1. The summed E-state index contributed by atoms with van der Waals surface area (Å²) in [5.41, 5.74) is 5.70. The largest absolute Gasteiger partial charge is 0.392 e. The summed E-state index contributed by atoms with van der Waals surface area (Å²) in [4.78, 5) is 14.8. The van der Waals surface area contributed by atoms with Crippen LogP contribution in [0.5, 0.6) is 0 Å². The molecule has 0 aromatic heterocycles. The van der Waals surface area contributed by atoms with Crippen LogP contribution >= 0.6 is 12.2 Å². The van der Waals surface area contributed by atoms with Gasteiger partial charge < -0.3 is 10.6 Å². The summed E-state index contributed by atoms with van der Waals surface area (Å²) in [5.74, 6) is 1.04. The number of carbonyl (C=O) groups is 1. The van der Waals surface area contributed by atoms with Gasteiger partial charge in [0.1, 0.15) is 0 Å². The minimum absolute atomic E-state index is 0.0234. The van der Waals surface area contributed by atoms with Crippen molar-refractivity contribution in [2.45, 2.75) is 45.1 Å². The maximum atomic E-state index is 12.4. The Balaban J connectivity index is 2.06. The summed E-state index contributed by atoms with van der Waals surface area (Å²) in [6.45, 7) is 3.02. The number of thiocarbonyl (C=S) groups is 1. The number of rotatable bonds is 2. The van der Waals surface area contributed by atoms with Gasteiger partial charge >= 0.3 is 0 Å². The lowest BCUT2D eigenvalue weighted by Crippen LogP contribution is -2.45. The minimum Gasteiger partial charge on any atom is -0.392 e. The summed E-state index contributed by atoms with van der Waals surface area (Å²) >= 11 is 5.04. The molecule has 2 aliphatic rings. The SMILES string of the molecule is CC1CCCC1C(=O)N1CCCC1C(N)=S. The molecule has 1 aliphatic heterocycles. The van der Waals surface area contributed by atoms with Gasteiger partial charge in [0.15, 0.2) is 0 Å². The summed E-state index contributed by atoms with van der Waals surface area (Å²) in [5, 5.41) is 0. The topological polar surface area (TPSA) is 46.3 Å². The van der Waals surface area contributed by atoms with Crippen molar-refractivity contribution in [1.29, 1.82) is 0 Å². The average molecular weight is 240 g/mol. The van der Waals surface area contributed by atoms with E-state index in [-0.39, 0.29) is 12.0 Å². The van der Waals surface area contributed by atoms with Crippen LogP contribution in [0.2, 0.25) is 0 Å². The third-order valence-corrected chi connectivity index (χ3v) is 4.32. The molecule has 0 aromatic rings. The second kappa shape index (κ2) is 4.70. The Bertz CT molecular complexity index is 305. The van der Waals surface area contributed by atoms with Crippen LogP contribution in [0, 0.1) is 11.8 Å². The molecule has 2 rings (SSSR count). The van der Waals surface area contributed by atoms with E-state index in [0.29, 0.717) is 16.8 Å². The molecule has 0 spiro atoms. The molecule has 1 heterocycles. The molecule has 0 aromatic carbocycles. The van der Waals surface area contributed by atoms with Gasteiger partial charge in [-0.3, -0.25) is 4.79 Å². The number of hydrogen-bond donors (Lipinski definition) is 1. The lowest BCUT2D eigenvalue weighted by molar-refractivity contribution is -0.136. The zero-order chi connectivity index (χ0) is 11.7. The molecule has 1 saturated carbocycles. The van der Waals surface area contributed by atoms with Gasteiger partial charge in [-0.1, -0.05) is 25.6 Å². The van der Waals surface area contributed by atoms with Crippen LogP contribution in [0.3, 0.4) is 0 Å².